The molecular weight excluding hydrogens is 409 g/mol. The van der Waals surface area contributed by atoms with Crippen molar-refractivity contribution in [2.24, 2.45) is 0 Å². The van der Waals surface area contributed by atoms with Crippen molar-refractivity contribution in [1.29, 1.82) is 0 Å². The fourth-order valence-electron chi connectivity index (χ4n) is 3.27. The Morgan fingerprint density at radius 1 is 1.12 bits per heavy atom. The monoisotopic (exact) mass is 435 g/mol. The van der Waals surface area contributed by atoms with Crippen LogP contribution in [-0.4, -0.2) is 34.3 Å². The first-order chi connectivity index (χ1) is 15.3. The van der Waals surface area contributed by atoms with Crippen LogP contribution in [0.3, 0.4) is 0 Å². The first-order valence-electron chi connectivity index (χ1n) is 10.4. The Kier molecular flexibility index (Phi) is 7.54. The molecule has 1 N–H and O–H groups in total. The van der Waals surface area contributed by atoms with E-state index in [0.29, 0.717) is 18.7 Å². The van der Waals surface area contributed by atoms with E-state index in [1.165, 1.54) is 25.1 Å². The van der Waals surface area contributed by atoms with Crippen LogP contribution >= 0.6 is 0 Å². The maximum absolute atomic E-state index is 13.2. The van der Waals surface area contributed by atoms with Crippen LogP contribution in [0.1, 0.15) is 29.4 Å². The summed E-state index contributed by atoms with van der Waals surface area (Å²) >= 11 is 0. The second-order valence-electron chi connectivity index (χ2n) is 7.41. The number of carbonyl (C=O) groups is 2. The number of hydrogen-bond donors (Lipinski definition) is 1. The largest absolute Gasteiger partial charge is 0.449 e. The van der Waals surface area contributed by atoms with Crippen molar-refractivity contribution in [3.8, 4) is 5.69 Å². The minimum absolute atomic E-state index is 0.323. The van der Waals surface area contributed by atoms with Crippen molar-refractivity contribution in [2.75, 3.05) is 6.54 Å². The Labute approximate surface area is 186 Å². The van der Waals surface area contributed by atoms with E-state index in [0.717, 1.165) is 22.5 Å². The minimum Gasteiger partial charge on any atom is -0.449 e. The number of benzene rings is 2. The van der Waals surface area contributed by atoms with Gasteiger partial charge < -0.3 is 10.1 Å². The second-order valence-corrected chi connectivity index (χ2v) is 7.41. The minimum atomic E-state index is -0.910. The SMILES string of the molecule is Cc1nn(-c2ccc(F)cc2)c(C)c1/C=C/C(=O)OC(C)C(=O)NCCc1ccccc1. The van der Waals surface area contributed by atoms with Gasteiger partial charge in [-0.25, -0.2) is 13.9 Å². The molecule has 0 spiro atoms. The van der Waals surface area contributed by atoms with Crippen LogP contribution in [0.15, 0.2) is 60.7 Å². The van der Waals surface area contributed by atoms with Gasteiger partial charge in [0.1, 0.15) is 5.82 Å². The van der Waals surface area contributed by atoms with Gasteiger partial charge in [0.25, 0.3) is 5.91 Å². The van der Waals surface area contributed by atoms with Gasteiger partial charge in [0.2, 0.25) is 0 Å². The number of aryl methyl sites for hydroxylation is 1. The average molecular weight is 435 g/mol. The van der Waals surface area contributed by atoms with Crippen LogP contribution in [0.25, 0.3) is 11.8 Å². The molecule has 32 heavy (non-hydrogen) atoms. The summed E-state index contributed by atoms with van der Waals surface area (Å²) in [4.78, 5) is 24.4. The number of hydrogen-bond acceptors (Lipinski definition) is 4. The van der Waals surface area contributed by atoms with E-state index in [1.807, 2.05) is 44.2 Å². The number of rotatable bonds is 8. The highest BCUT2D eigenvalue weighted by atomic mass is 19.1. The normalized spacial score (nSPS) is 12.0. The number of aromatic nitrogens is 2. The van der Waals surface area contributed by atoms with Gasteiger partial charge in [-0.05, 0) is 63.1 Å². The van der Waals surface area contributed by atoms with Gasteiger partial charge in [-0.2, -0.15) is 5.10 Å². The van der Waals surface area contributed by atoms with Crippen molar-refractivity contribution < 1.29 is 18.7 Å². The summed E-state index contributed by atoms with van der Waals surface area (Å²) in [5.41, 5.74) is 4.10. The highest BCUT2D eigenvalue weighted by Gasteiger charge is 2.17. The maximum atomic E-state index is 13.2. The van der Waals surface area contributed by atoms with Crippen LogP contribution in [-0.2, 0) is 20.7 Å². The Bertz CT molecular complexity index is 1110. The van der Waals surface area contributed by atoms with Gasteiger partial charge >= 0.3 is 5.97 Å². The van der Waals surface area contributed by atoms with Gasteiger partial charge in [-0.15, -0.1) is 0 Å². The molecule has 1 heterocycles. The lowest BCUT2D eigenvalue weighted by molar-refractivity contribution is -0.150. The zero-order valence-electron chi connectivity index (χ0n) is 18.3. The molecule has 166 valence electrons. The molecule has 3 aromatic rings. The Balaban J connectivity index is 1.55. The highest BCUT2D eigenvalue weighted by Crippen LogP contribution is 2.19. The van der Waals surface area contributed by atoms with Gasteiger partial charge in [-0.1, -0.05) is 30.3 Å². The number of carbonyl (C=O) groups excluding carboxylic acids is 2. The van der Waals surface area contributed by atoms with E-state index in [-0.39, 0.29) is 11.7 Å². The third-order valence-corrected chi connectivity index (χ3v) is 5.02. The van der Waals surface area contributed by atoms with Gasteiger partial charge in [0.15, 0.2) is 6.10 Å². The summed E-state index contributed by atoms with van der Waals surface area (Å²) in [6.45, 7) is 5.67. The predicted molar refractivity (Wildman–Crippen MR) is 121 cm³/mol. The van der Waals surface area contributed by atoms with Crippen molar-refractivity contribution in [2.45, 2.75) is 33.3 Å². The number of halogens is 1. The van der Waals surface area contributed by atoms with Gasteiger partial charge in [0.05, 0.1) is 11.4 Å². The maximum Gasteiger partial charge on any atom is 0.331 e. The lowest BCUT2D eigenvalue weighted by atomic mass is 10.1. The third kappa shape index (κ3) is 5.91. The van der Waals surface area contributed by atoms with Gasteiger partial charge in [0, 0.05) is 23.9 Å². The fraction of sp³-hybridized carbons (Fsp3) is 0.240. The summed E-state index contributed by atoms with van der Waals surface area (Å²) in [5, 5.41) is 7.24. The Hall–Kier alpha value is -3.74. The molecule has 3 rings (SSSR count). The van der Waals surface area contributed by atoms with E-state index in [1.54, 1.807) is 22.9 Å². The highest BCUT2D eigenvalue weighted by molar-refractivity contribution is 5.90. The van der Waals surface area contributed by atoms with Crippen molar-refractivity contribution in [3.05, 3.63) is 89.0 Å². The molecule has 0 saturated carbocycles. The molecule has 6 nitrogen and oxygen atoms in total. The topological polar surface area (TPSA) is 73.2 Å². The molecule has 0 aliphatic heterocycles. The molecule has 0 aliphatic rings. The average Bonchev–Trinajstić information content (AvgIpc) is 3.06. The summed E-state index contributed by atoms with van der Waals surface area (Å²) in [7, 11) is 0. The molecule has 7 heteroatoms. The molecule has 0 radical (unpaired) electrons. The van der Waals surface area contributed by atoms with E-state index in [4.69, 9.17) is 4.74 Å². The number of ether oxygens (including phenoxy) is 1. The third-order valence-electron chi connectivity index (χ3n) is 5.02. The van der Waals surface area contributed by atoms with Crippen LogP contribution in [0.4, 0.5) is 4.39 Å². The van der Waals surface area contributed by atoms with Crippen LogP contribution in [0.5, 0.6) is 0 Å². The van der Waals surface area contributed by atoms with E-state index in [9.17, 15) is 14.0 Å². The van der Waals surface area contributed by atoms with E-state index >= 15 is 0 Å². The van der Waals surface area contributed by atoms with Crippen molar-refractivity contribution >= 4 is 18.0 Å². The van der Waals surface area contributed by atoms with Crippen LogP contribution < -0.4 is 5.32 Å². The fourth-order valence-corrected chi connectivity index (χ4v) is 3.27. The molecular formula is C25H26FN3O3. The first-order valence-corrected chi connectivity index (χ1v) is 10.4. The van der Waals surface area contributed by atoms with Crippen LogP contribution in [0, 0.1) is 19.7 Å². The molecule has 2 aromatic carbocycles. The molecule has 0 fully saturated rings. The van der Waals surface area contributed by atoms with E-state index in [2.05, 4.69) is 10.4 Å². The summed E-state index contributed by atoms with van der Waals surface area (Å²) < 4.78 is 20.1. The smallest absolute Gasteiger partial charge is 0.331 e. The molecule has 1 atom stereocenters. The lowest BCUT2D eigenvalue weighted by Gasteiger charge is -2.12. The molecule has 1 unspecified atom stereocenters. The first kappa shape index (κ1) is 22.9. The number of amides is 1. The number of esters is 1. The van der Waals surface area contributed by atoms with Gasteiger partial charge in [-0.3, -0.25) is 4.79 Å². The van der Waals surface area contributed by atoms with Crippen molar-refractivity contribution in [1.82, 2.24) is 15.1 Å². The molecule has 0 saturated heterocycles. The quantitative estimate of drug-likeness (QED) is 0.430. The summed E-state index contributed by atoms with van der Waals surface area (Å²) in [6.07, 6.45) is 2.68. The summed E-state index contributed by atoms with van der Waals surface area (Å²) in [5.74, 6) is -1.29. The number of nitrogens with zero attached hydrogens (tertiary/aromatic N) is 2. The zero-order valence-corrected chi connectivity index (χ0v) is 18.3. The van der Waals surface area contributed by atoms with Crippen molar-refractivity contribution in [3.63, 3.8) is 0 Å². The standard InChI is InChI=1S/C25H26FN3O3/c1-17-23(18(2)29(28-17)22-11-9-21(26)10-12-22)13-14-24(30)32-19(3)25(31)27-16-15-20-7-5-4-6-8-20/h4-14,19H,15-16H2,1-3H3,(H,27,31)/b14-13+. The van der Waals surface area contributed by atoms with E-state index < -0.39 is 12.1 Å². The molecule has 0 aliphatic carbocycles. The molecule has 0 bridgehead atoms. The number of nitrogens with one attached hydrogen (secondary N) is 1. The summed E-state index contributed by atoms with van der Waals surface area (Å²) in [6, 6.07) is 15.8. The Morgan fingerprint density at radius 2 is 1.81 bits per heavy atom. The molecule has 1 aromatic heterocycles. The predicted octanol–water partition coefficient (Wildman–Crippen LogP) is 3.93. The second kappa shape index (κ2) is 10.5. The zero-order chi connectivity index (χ0) is 23.1. The van der Waals surface area contributed by atoms with Crippen LogP contribution in [0.2, 0.25) is 0 Å². The molecule has 1 amide bonds. The Morgan fingerprint density at radius 3 is 2.50 bits per heavy atom. The lowest BCUT2D eigenvalue weighted by Crippen LogP contribution is -2.36.